The average molecular weight is 419 g/mol. The third-order valence-electron chi connectivity index (χ3n) is 6.29. The van der Waals surface area contributed by atoms with Gasteiger partial charge in [0.1, 0.15) is 0 Å². The van der Waals surface area contributed by atoms with Gasteiger partial charge in [0.2, 0.25) is 5.91 Å². The van der Waals surface area contributed by atoms with E-state index in [0.717, 1.165) is 51.5 Å². The van der Waals surface area contributed by atoms with E-state index in [1.807, 2.05) is 17.0 Å². The first-order valence-electron chi connectivity index (χ1n) is 11.6. The van der Waals surface area contributed by atoms with Gasteiger partial charge in [-0.2, -0.15) is 0 Å². The van der Waals surface area contributed by atoms with Gasteiger partial charge in [0, 0.05) is 45.7 Å². The Labute approximate surface area is 186 Å². The van der Waals surface area contributed by atoms with Gasteiger partial charge in [-0.1, -0.05) is 54.6 Å². The number of carbonyl (C=O) groups is 1. The minimum atomic E-state index is 0.237. The van der Waals surface area contributed by atoms with E-state index in [0.29, 0.717) is 18.9 Å². The lowest BCUT2D eigenvalue weighted by atomic mass is 9.99. The maximum absolute atomic E-state index is 12.6. The summed E-state index contributed by atoms with van der Waals surface area (Å²) in [6.07, 6.45) is 3.69. The maximum Gasteiger partial charge on any atom is 0.223 e. The summed E-state index contributed by atoms with van der Waals surface area (Å²) < 4.78 is 0. The molecule has 1 saturated heterocycles. The number of hydrogen-bond acceptors (Lipinski definition) is 2. The molecule has 1 atom stereocenters. The molecular weight excluding hydrogens is 384 g/mol. The minimum Gasteiger partial charge on any atom is -0.357 e. The first-order valence-corrected chi connectivity index (χ1v) is 11.6. The van der Waals surface area contributed by atoms with Gasteiger partial charge in [-0.05, 0) is 48.8 Å². The molecule has 0 saturated carbocycles. The molecule has 1 amide bonds. The molecule has 0 aromatic heterocycles. The van der Waals surface area contributed by atoms with Gasteiger partial charge in [-0.3, -0.25) is 9.79 Å². The molecule has 2 aromatic carbocycles. The third-order valence-corrected chi connectivity index (χ3v) is 6.29. The van der Waals surface area contributed by atoms with Gasteiger partial charge in [0.15, 0.2) is 5.96 Å². The van der Waals surface area contributed by atoms with Crippen molar-refractivity contribution in [3.8, 4) is 0 Å². The van der Waals surface area contributed by atoms with Crippen LogP contribution in [0.25, 0.3) is 0 Å². The number of likely N-dealkylation sites (tertiary alicyclic amines) is 1. The second kappa shape index (κ2) is 10.5. The van der Waals surface area contributed by atoms with Crippen molar-refractivity contribution in [1.82, 2.24) is 15.1 Å². The average Bonchev–Trinajstić information content (AvgIpc) is 3.43. The second-order valence-electron chi connectivity index (χ2n) is 8.65. The SMILES string of the molecule is CCNC(=NCCCC(=O)N1Cc2ccccc2C1)N1CCC(Cc2ccccc2)C1. The summed E-state index contributed by atoms with van der Waals surface area (Å²) >= 11 is 0. The van der Waals surface area contributed by atoms with Crippen LogP contribution in [-0.2, 0) is 24.3 Å². The number of amides is 1. The van der Waals surface area contributed by atoms with Crippen LogP contribution in [0.4, 0.5) is 0 Å². The van der Waals surface area contributed by atoms with E-state index < -0.39 is 0 Å². The standard InChI is InChI=1S/C26H34N4O/c1-2-27-26(29-16-14-22(18-29)17-21-9-4-3-5-10-21)28-15-8-13-25(31)30-19-23-11-6-7-12-24(23)20-30/h3-7,9-12,22H,2,8,13-20H2,1H3,(H,27,28). The Morgan fingerprint density at radius 2 is 1.74 bits per heavy atom. The molecule has 0 aliphatic carbocycles. The molecule has 4 rings (SSSR count). The van der Waals surface area contributed by atoms with E-state index in [9.17, 15) is 4.79 Å². The zero-order valence-electron chi connectivity index (χ0n) is 18.6. The lowest BCUT2D eigenvalue weighted by molar-refractivity contribution is -0.131. The maximum atomic E-state index is 12.6. The van der Waals surface area contributed by atoms with Crippen molar-refractivity contribution in [2.24, 2.45) is 10.9 Å². The third kappa shape index (κ3) is 5.66. The fourth-order valence-corrected chi connectivity index (χ4v) is 4.65. The zero-order chi connectivity index (χ0) is 21.5. The van der Waals surface area contributed by atoms with Gasteiger partial charge in [-0.15, -0.1) is 0 Å². The fraction of sp³-hybridized carbons (Fsp3) is 0.462. The summed E-state index contributed by atoms with van der Waals surface area (Å²) in [5.74, 6) is 1.91. The summed E-state index contributed by atoms with van der Waals surface area (Å²) in [6.45, 7) is 7.26. The molecule has 1 fully saturated rings. The summed E-state index contributed by atoms with van der Waals surface area (Å²) in [4.78, 5) is 21.8. The fourth-order valence-electron chi connectivity index (χ4n) is 4.65. The first kappa shape index (κ1) is 21.4. The Balaban J connectivity index is 1.23. The van der Waals surface area contributed by atoms with E-state index in [4.69, 9.17) is 4.99 Å². The monoisotopic (exact) mass is 418 g/mol. The Bertz CT molecular complexity index is 870. The smallest absolute Gasteiger partial charge is 0.223 e. The molecule has 0 radical (unpaired) electrons. The Morgan fingerprint density at radius 1 is 1.03 bits per heavy atom. The number of nitrogens with zero attached hydrogens (tertiary/aromatic N) is 3. The Morgan fingerprint density at radius 3 is 2.45 bits per heavy atom. The second-order valence-corrected chi connectivity index (χ2v) is 8.65. The van der Waals surface area contributed by atoms with Crippen LogP contribution in [-0.4, -0.2) is 47.8 Å². The summed E-state index contributed by atoms with van der Waals surface area (Å²) in [5.41, 5.74) is 3.98. The molecule has 1 unspecified atom stereocenters. The lowest BCUT2D eigenvalue weighted by Gasteiger charge is -2.22. The van der Waals surface area contributed by atoms with Crippen LogP contribution in [0.1, 0.15) is 42.9 Å². The Kier molecular flexibility index (Phi) is 7.23. The highest BCUT2D eigenvalue weighted by Gasteiger charge is 2.25. The predicted octanol–water partition coefficient (Wildman–Crippen LogP) is 3.84. The number of benzene rings is 2. The lowest BCUT2D eigenvalue weighted by Crippen LogP contribution is -2.40. The van der Waals surface area contributed by atoms with E-state index >= 15 is 0 Å². The zero-order valence-corrected chi connectivity index (χ0v) is 18.6. The molecule has 1 N–H and O–H groups in total. The molecule has 5 heteroatoms. The summed E-state index contributed by atoms with van der Waals surface area (Å²) in [6, 6.07) is 19.1. The van der Waals surface area contributed by atoms with Gasteiger partial charge in [0.25, 0.3) is 0 Å². The highest BCUT2D eigenvalue weighted by Crippen LogP contribution is 2.23. The van der Waals surface area contributed by atoms with Crippen molar-refractivity contribution in [3.63, 3.8) is 0 Å². The van der Waals surface area contributed by atoms with Crippen LogP contribution < -0.4 is 5.32 Å². The number of nitrogens with one attached hydrogen (secondary N) is 1. The first-order chi connectivity index (χ1) is 15.2. The van der Waals surface area contributed by atoms with E-state index in [1.54, 1.807) is 0 Å². The molecule has 2 aliphatic rings. The topological polar surface area (TPSA) is 47.9 Å². The van der Waals surface area contributed by atoms with Crippen molar-refractivity contribution < 1.29 is 4.79 Å². The molecule has 2 aliphatic heterocycles. The van der Waals surface area contributed by atoms with Crippen molar-refractivity contribution in [1.29, 1.82) is 0 Å². The molecule has 0 bridgehead atoms. The molecule has 31 heavy (non-hydrogen) atoms. The van der Waals surface area contributed by atoms with E-state index in [1.165, 1.54) is 23.1 Å². The Hall–Kier alpha value is -2.82. The number of carbonyl (C=O) groups excluding carboxylic acids is 1. The largest absolute Gasteiger partial charge is 0.357 e. The predicted molar refractivity (Wildman–Crippen MR) is 126 cm³/mol. The highest BCUT2D eigenvalue weighted by molar-refractivity contribution is 5.80. The van der Waals surface area contributed by atoms with Crippen LogP contribution in [0.15, 0.2) is 59.6 Å². The van der Waals surface area contributed by atoms with Crippen molar-refractivity contribution in [2.75, 3.05) is 26.2 Å². The number of fused-ring (bicyclic) bond motifs is 1. The van der Waals surface area contributed by atoms with E-state index in [-0.39, 0.29) is 5.91 Å². The van der Waals surface area contributed by atoms with Crippen molar-refractivity contribution >= 4 is 11.9 Å². The molecular formula is C26H34N4O. The van der Waals surface area contributed by atoms with Gasteiger partial charge < -0.3 is 15.1 Å². The molecule has 0 spiro atoms. The van der Waals surface area contributed by atoms with Gasteiger partial charge in [0.05, 0.1) is 0 Å². The quantitative estimate of drug-likeness (QED) is 0.422. The van der Waals surface area contributed by atoms with Crippen LogP contribution >= 0.6 is 0 Å². The van der Waals surface area contributed by atoms with Gasteiger partial charge >= 0.3 is 0 Å². The minimum absolute atomic E-state index is 0.237. The number of hydrogen-bond donors (Lipinski definition) is 1. The van der Waals surface area contributed by atoms with Crippen molar-refractivity contribution in [3.05, 3.63) is 71.3 Å². The molecule has 2 heterocycles. The van der Waals surface area contributed by atoms with Crippen LogP contribution in [0.3, 0.4) is 0 Å². The van der Waals surface area contributed by atoms with E-state index in [2.05, 4.69) is 59.6 Å². The van der Waals surface area contributed by atoms with Crippen LogP contribution in [0.2, 0.25) is 0 Å². The molecule has 5 nitrogen and oxygen atoms in total. The highest BCUT2D eigenvalue weighted by atomic mass is 16.2. The molecule has 2 aromatic rings. The molecule has 164 valence electrons. The van der Waals surface area contributed by atoms with Crippen LogP contribution in [0.5, 0.6) is 0 Å². The summed E-state index contributed by atoms with van der Waals surface area (Å²) in [7, 11) is 0. The number of guanidine groups is 1. The number of rotatable bonds is 7. The van der Waals surface area contributed by atoms with Crippen LogP contribution in [0, 0.1) is 5.92 Å². The number of aliphatic imine (C=N–C) groups is 1. The summed E-state index contributed by atoms with van der Waals surface area (Å²) in [5, 5.41) is 3.44. The van der Waals surface area contributed by atoms with Gasteiger partial charge in [-0.25, -0.2) is 0 Å². The van der Waals surface area contributed by atoms with Crippen molar-refractivity contribution in [2.45, 2.75) is 45.7 Å². The normalized spacial score (nSPS) is 18.4.